The van der Waals surface area contributed by atoms with Crippen molar-refractivity contribution in [3.8, 4) is 6.07 Å². The van der Waals surface area contributed by atoms with Crippen molar-refractivity contribution in [3.63, 3.8) is 0 Å². The molecule has 0 heterocycles. The topological polar surface area (TPSA) is 113 Å². The van der Waals surface area contributed by atoms with Gasteiger partial charge in [0.2, 0.25) is 15.8 Å². The predicted octanol–water partition coefficient (Wildman–Crippen LogP) is 2.54. The number of benzene rings is 2. The smallest absolute Gasteiger partial charge is 0.338 e. The normalized spacial score (nSPS) is 10.9. The molecule has 2 aromatic carbocycles. The average Bonchev–Trinajstić information content (AvgIpc) is 2.66. The number of ketones is 1. The lowest BCUT2D eigenvalue weighted by atomic mass is 10.0. The highest BCUT2D eigenvalue weighted by Crippen LogP contribution is 2.14. The quantitative estimate of drug-likeness (QED) is 0.414. The highest BCUT2D eigenvalue weighted by molar-refractivity contribution is 7.89. The summed E-state index contributed by atoms with van der Waals surface area (Å²) in [7, 11) is -3.75. The number of carbonyl (C=O) groups excluding carboxylic acids is 2. The number of Topliss-reactive ketones (excluding diaryl/α,β-unsaturated/α-hetero) is 1. The van der Waals surface area contributed by atoms with Gasteiger partial charge in [-0.3, -0.25) is 4.79 Å². The summed E-state index contributed by atoms with van der Waals surface area (Å²) >= 11 is 0. The van der Waals surface area contributed by atoms with Crippen molar-refractivity contribution < 1.29 is 22.7 Å². The fourth-order valence-corrected chi connectivity index (χ4v) is 3.55. The van der Waals surface area contributed by atoms with Gasteiger partial charge in [-0.05, 0) is 43.7 Å². The Kier molecular flexibility index (Phi) is 7.04. The first-order valence-electron chi connectivity index (χ1n) is 8.49. The van der Waals surface area contributed by atoms with Crippen LogP contribution in [0.4, 0.5) is 0 Å². The Morgan fingerprint density at radius 1 is 1.11 bits per heavy atom. The van der Waals surface area contributed by atoms with E-state index in [2.05, 4.69) is 4.72 Å². The van der Waals surface area contributed by atoms with Crippen LogP contribution in [0.5, 0.6) is 0 Å². The highest BCUT2D eigenvalue weighted by Gasteiger charge is 2.16. The standard InChI is InChI=1S/C20H20N2O5S/c1-14-4-9-18(15(2)12-14)19(23)13-27-20(24)16-5-7-17(8-6-16)28(25,26)22-11-3-10-21/h4-9,12,22H,3,11,13H2,1-2H3. The van der Waals surface area contributed by atoms with E-state index in [0.29, 0.717) is 5.56 Å². The zero-order valence-corrected chi connectivity index (χ0v) is 16.4. The van der Waals surface area contributed by atoms with Gasteiger partial charge in [0.1, 0.15) is 0 Å². The molecule has 28 heavy (non-hydrogen) atoms. The first kappa shape index (κ1) is 21.3. The van der Waals surface area contributed by atoms with Gasteiger partial charge in [-0.15, -0.1) is 0 Å². The summed E-state index contributed by atoms with van der Waals surface area (Å²) < 4.78 is 31.4. The minimum atomic E-state index is -3.75. The highest BCUT2D eigenvalue weighted by atomic mass is 32.2. The Bertz CT molecular complexity index is 1020. The number of rotatable bonds is 8. The van der Waals surface area contributed by atoms with Crippen LogP contribution in [0.2, 0.25) is 0 Å². The van der Waals surface area contributed by atoms with E-state index in [1.165, 1.54) is 24.3 Å². The molecule has 0 aliphatic rings. The van der Waals surface area contributed by atoms with Crippen LogP contribution in [0.1, 0.15) is 38.3 Å². The van der Waals surface area contributed by atoms with Crippen molar-refractivity contribution in [1.29, 1.82) is 5.26 Å². The van der Waals surface area contributed by atoms with Crippen LogP contribution in [0.3, 0.4) is 0 Å². The summed E-state index contributed by atoms with van der Waals surface area (Å²) in [5, 5.41) is 8.46. The van der Waals surface area contributed by atoms with Crippen LogP contribution in [-0.4, -0.2) is 33.3 Å². The molecule has 1 N–H and O–H groups in total. The Morgan fingerprint density at radius 2 is 1.79 bits per heavy atom. The van der Waals surface area contributed by atoms with Crippen molar-refractivity contribution in [2.75, 3.05) is 13.2 Å². The Balaban J connectivity index is 1.99. The molecular formula is C20H20N2O5S. The summed E-state index contributed by atoms with van der Waals surface area (Å²) in [6, 6.07) is 12.4. The van der Waals surface area contributed by atoms with Gasteiger partial charge in [-0.1, -0.05) is 23.8 Å². The molecule has 0 aliphatic heterocycles. The largest absolute Gasteiger partial charge is 0.454 e. The summed E-state index contributed by atoms with van der Waals surface area (Å²) in [6.07, 6.45) is 0.0537. The second-order valence-corrected chi connectivity index (χ2v) is 7.91. The predicted molar refractivity (Wildman–Crippen MR) is 102 cm³/mol. The third-order valence-corrected chi connectivity index (χ3v) is 5.42. The molecule has 0 spiro atoms. The molecule has 2 aromatic rings. The lowest BCUT2D eigenvalue weighted by Gasteiger charge is -2.08. The molecule has 0 bridgehead atoms. The Hall–Kier alpha value is -3.02. The Labute approximate surface area is 164 Å². The number of nitriles is 1. The second-order valence-electron chi connectivity index (χ2n) is 6.15. The molecule has 0 atom stereocenters. The molecular weight excluding hydrogens is 380 g/mol. The third-order valence-electron chi connectivity index (χ3n) is 3.95. The zero-order chi connectivity index (χ0) is 20.7. The number of esters is 1. The minimum Gasteiger partial charge on any atom is -0.454 e. The second kappa shape index (κ2) is 9.26. The monoisotopic (exact) mass is 400 g/mol. The molecule has 0 unspecified atom stereocenters. The number of ether oxygens (including phenoxy) is 1. The molecule has 0 saturated carbocycles. The minimum absolute atomic E-state index is 0.00314. The van der Waals surface area contributed by atoms with E-state index in [-0.39, 0.29) is 29.2 Å². The van der Waals surface area contributed by atoms with Crippen LogP contribution < -0.4 is 4.72 Å². The number of aryl methyl sites for hydroxylation is 2. The van der Waals surface area contributed by atoms with Crippen molar-refractivity contribution in [3.05, 3.63) is 64.7 Å². The van der Waals surface area contributed by atoms with Crippen LogP contribution in [-0.2, 0) is 14.8 Å². The fourth-order valence-electron chi connectivity index (χ4n) is 2.51. The van der Waals surface area contributed by atoms with E-state index in [9.17, 15) is 18.0 Å². The van der Waals surface area contributed by atoms with E-state index < -0.39 is 22.6 Å². The van der Waals surface area contributed by atoms with Crippen LogP contribution in [0.15, 0.2) is 47.4 Å². The molecule has 0 aromatic heterocycles. The van der Waals surface area contributed by atoms with E-state index in [1.807, 2.05) is 32.0 Å². The third kappa shape index (κ3) is 5.49. The lowest BCUT2D eigenvalue weighted by molar-refractivity contribution is 0.0474. The fraction of sp³-hybridized carbons (Fsp3) is 0.250. The van der Waals surface area contributed by atoms with Gasteiger partial charge in [0, 0.05) is 18.5 Å². The molecule has 0 amide bonds. The summed E-state index contributed by atoms with van der Waals surface area (Å²) in [5.41, 5.74) is 2.45. The van der Waals surface area contributed by atoms with Crippen molar-refractivity contribution >= 4 is 21.8 Å². The van der Waals surface area contributed by atoms with Crippen LogP contribution >= 0.6 is 0 Å². The zero-order valence-electron chi connectivity index (χ0n) is 15.6. The molecule has 0 radical (unpaired) electrons. The van der Waals surface area contributed by atoms with Gasteiger partial charge in [-0.2, -0.15) is 5.26 Å². The maximum absolute atomic E-state index is 12.2. The molecule has 0 aliphatic carbocycles. The van der Waals surface area contributed by atoms with Gasteiger partial charge >= 0.3 is 5.97 Å². The SMILES string of the molecule is Cc1ccc(C(=O)COC(=O)c2ccc(S(=O)(=O)NCCC#N)cc2)c(C)c1. The number of nitrogens with one attached hydrogen (secondary N) is 1. The summed E-state index contributed by atoms with van der Waals surface area (Å²) in [4.78, 5) is 24.3. The number of hydrogen-bond donors (Lipinski definition) is 1. The number of sulfonamides is 1. The van der Waals surface area contributed by atoms with E-state index in [1.54, 1.807) is 6.07 Å². The van der Waals surface area contributed by atoms with Gasteiger partial charge in [0.15, 0.2) is 6.61 Å². The summed E-state index contributed by atoms with van der Waals surface area (Å²) in [6.45, 7) is 3.33. The maximum Gasteiger partial charge on any atom is 0.338 e. The lowest BCUT2D eigenvalue weighted by Crippen LogP contribution is -2.24. The van der Waals surface area contributed by atoms with Crippen molar-refractivity contribution in [2.24, 2.45) is 0 Å². The van der Waals surface area contributed by atoms with Crippen LogP contribution in [0.25, 0.3) is 0 Å². The van der Waals surface area contributed by atoms with Gasteiger partial charge in [-0.25, -0.2) is 17.9 Å². The Morgan fingerprint density at radius 3 is 2.39 bits per heavy atom. The summed E-state index contributed by atoms with van der Waals surface area (Å²) in [5.74, 6) is -1.04. The van der Waals surface area contributed by atoms with Crippen LogP contribution in [0, 0.1) is 25.2 Å². The van der Waals surface area contributed by atoms with Gasteiger partial charge in [0.05, 0.1) is 16.5 Å². The first-order chi connectivity index (χ1) is 13.2. The first-order valence-corrected chi connectivity index (χ1v) is 9.97. The van der Waals surface area contributed by atoms with Crippen molar-refractivity contribution in [1.82, 2.24) is 4.72 Å². The van der Waals surface area contributed by atoms with E-state index in [0.717, 1.165) is 11.1 Å². The molecule has 0 fully saturated rings. The molecule has 2 rings (SSSR count). The number of carbonyl (C=O) groups is 2. The average molecular weight is 400 g/mol. The molecule has 0 saturated heterocycles. The number of hydrogen-bond acceptors (Lipinski definition) is 6. The van der Waals surface area contributed by atoms with E-state index in [4.69, 9.17) is 10.00 Å². The van der Waals surface area contributed by atoms with Gasteiger partial charge < -0.3 is 4.74 Å². The van der Waals surface area contributed by atoms with Crippen molar-refractivity contribution in [2.45, 2.75) is 25.2 Å². The molecule has 7 nitrogen and oxygen atoms in total. The molecule has 146 valence electrons. The van der Waals surface area contributed by atoms with Gasteiger partial charge in [0.25, 0.3) is 0 Å². The van der Waals surface area contributed by atoms with E-state index >= 15 is 0 Å². The molecule has 8 heteroatoms. The maximum atomic E-state index is 12.2. The number of nitrogens with zero attached hydrogens (tertiary/aromatic N) is 1.